The van der Waals surface area contributed by atoms with E-state index in [1.165, 1.54) is 20.0 Å². The first-order chi connectivity index (χ1) is 9.54. The van der Waals surface area contributed by atoms with E-state index in [1.807, 2.05) is 6.07 Å². The number of ether oxygens (including phenoxy) is 1. The molecule has 0 bridgehead atoms. The Bertz CT molecular complexity index is 548. The first kappa shape index (κ1) is 13.7. The van der Waals surface area contributed by atoms with E-state index in [9.17, 15) is 10.1 Å². The molecule has 2 fully saturated rings. The predicted molar refractivity (Wildman–Crippen MR) is 80.5 cm³/mol. The second-order valence-electron chi connectivity index (χ2n) is 5.72. The highest BCUT2D eigenvalue weighted by atomic mass is 79.9. The molecule has 1 aliphatic carbocycles. The van der Waals surface area contributed by atoms with Gasteiger partial charge >= 0.3 is 5.69 Å². The zero-order valence-electron chi connectivity index (χ0n) is 11.4. The molecule has 1 heterocycles. The largest absolute Gasteiger partial charge is 0.490 e. The maximum atomic E-state index is 11.4. The monoisotopic (exact) mass is 340 g/mol. The number of hydrogen-bond acceptors (Lipinski definition) is 4. The number of anilines is 1. The van der Waals surface area contributed by atoms with Crippen molar-refractivity contribution in [2.75, 3.05) is 25.1 Å². The van der Waals surface area contributed by atoms with E-state index in [-0.39, 0.29) is 10.6 Å². The van der Waals surface area contributed by atoms with Crippen molar-refractivity contribution in [1.82, 2.24) is 0 Å². The van der Waals surface area contributed by atoms with Gasteiger partial charge in [0.25, 0.3) is 0 Å². The summed E-state index contributed by atoms with van der Waals surface area (Å²) in [6, 6.07) is 3.47. The molecule has 1 saturated carbocycles. The third-order valence-corrected chi connectivity index (χ3v) is 5.00. The van der Waals surface area contributed by atoms with Crippen LogP contribution < -0.4 is 9.64 Å². The normalized spacial score (nSPS) is 20.0. The SMILES string of the molecule is COc1cc(Br)cc(N2CCC3(CC2)CC3)c1[N+](=O)[O-]. The molecule has 3 rings (SSSR count). The van der Waals surface area contributed by atoms with Crippen LogP contribution in [0.5, 0.6) is 5.75 Å². The minimum absolute atomic E-state index is 0.0717. The van der Waals surface area contributed by atoms with E-state index < -0.39 is 0 Å². The number of nitrogens with zero attached hydrogens (tertiary/aromatic N) is 2. The summed E-state index contributed by atoms with van der Waals surface area (Å²) >= 11 is 3.41. The Kier molecular flexibility index (Phi) is 3.36. The lowest BCUT2D eigenvalue weighted by molar-refractivity contribution is -0.385. The summed E-state index contributed by atoms with van der Waals surface area (Å²) < 4.78 is 5.98. The quantitative estimate of drug-likeness (QED) is 0.621. The van der Waals surface area contributed by atoms with Crippen molar-refractivity contribution in [3.8, 4) is 5.75 Å². The summed E-state index contributed by atoms with van der Waals surface area (Å²) in [5.74, 6) is 0.311. The number of halogens is 1. The number of benzene rings is 1. The first-order valence-electron chi connectivity index (χ1n) is 6.82. The lowest BCUT2D eigenvalue weighted by Crippen LogP contribution is -2.34. The maximum absolute atomic E-state index is 11.4. The van der Waals surface area contributed by atoms with Crippen molar-refractivity contribution in [3.05, 3.63) is 26.7 Å². The molecule has 0 N–H and O–H groups in total. The molecular weight excluding hydrogens is 324 g/mol. The van der Waals surface area contributed by atoms with Crippen molar-refractivity contribution < 1.29 is 9.66 Å². The summed E-state index contributed by atoms with van der Waals surface area (Å²) in [6.45, 7) is 1.78. The van der Waals surface area contributed by atoms with Gasteiger partial charge in [0.1, 0.15) is 5.69 Å². The van der Waals surface area contributed by atoms with E-state index in [0.717, 1.165) is 30.4 Å². The Balaban J connectivity index is 1.95. The molecule has 1 aromatic rings. The van der Waals surface area contributed by atoms with Crippen LogP contribution in [0.25, 0.3) is 0 Å². The average Bonchev–Trinajstić information content (AvgIpc) is 3.17. The van der Waals surface area contributed by atoms with Crippen LogP contribution in [-0.4, -0.2) is 25.1 Å². The lowest BCUT2D eigenvalue weighted by Gasteiger charge is -2.33. The number of piperidine rings is 1. The molecule has 0 radical (unpaired) electrons. The fourth-order valence-corrected chi connectivity index (χ4v) is 3.46. The fourth-order valence-electron chi connectivity index (χ4n) is 3.04. The van der Waals surface area contributed by atoms with Gasteiger partial charge in [-0.15, -0.1) is 0 Å². The van der Waals surface area contributed by atoms with Crippen molar-refractivity contribution >= 4 is 27.3 Å². The van der Waals surface area contributed by atoms with Gasteiger partial charge in [0.2, 0.25) is 0 Å². The molecule has 0 atom stereocenters. The summed E-state index contributed by atoms with van der Waals surface area (Å²) in [4.78, 5) is 13.2. The molecule has 1 aliphatic heterocycles. The van der Waals surface area contributed by atoms with Crippen LogP contribution in [0.3, 0.4) is 0 Å². The summed E-state index contributed by atoms with van der Waals surface area (Å²) in [5.41, 5.74) is 1.29. The van der Waals surface area contributed by atoms with Gasteiger partial charge < -0.3 is 9.64 Å². The summed E-state index contributed by atoms with van der Waals surface area (Å²) in [5, 5.41) is 11.4. The Labute approximate surface area is 126 Å². The highest BCUT2D eigenvalue weighted by molar-refractivity contribution is 9.10. The molecular formula is C14H17BrN2O3. The molecule has 20 heavy (non-hydrogen) atoms. The third-order valence-electron chi connectivity index (χ3n) is 4.54. The van der Waals surface area contributed by atoms with Gasteiger partial charge in [0.05, 0.1) is 12.0 Å². The smallest absolute Gasteiger partial charge is 0.334 e. The van der Waals surface area contributed by atoms with E-state index in [0.29, 0.717) is 16.9 Å². The minimum Gasteiger partial charge on any atom is -0.490 e. The van der Waals surface area contributed by atoms with E-state index in [4.69, 9.17) is 4.74 Å². The lowest BCUT2D eigenvalue weighted by atomic mass is 9.93. The van der Waals surface area contributed by atoms with Gasteiger partial charge in [-0.05, 0) is 37.2 Å². The average molecular weight is 341 g/mol. The Morgan fingerprint density at radius 2 is 1.95 bits per heavy atom. The van der Waals surface area contributed by atoms with E-state index in [2.05, 4.69) is 20.8 Å². The third kappa shape index (κ3) is 2.37. The minimum atomic E-state index is -0.345. The number of rotatable bonds is 3. The molecule has 108 valence electrons. The molecule has 1 aromatic carbocycles. The van der Waals surface area contributed by atoms with Gasteiger partial charge in [-0.1, -0.05) is 15.9 Å². The van der Waals surface area contributed by atoms with Crippen LogP contribution in [0.4, 0.5) is 11.4 Å². The molecule has 6 heteroatoms. The second kappa shape index (κ2) is 4.91. The number of hydrogen-bond donors (Lipinski definition) is 0. The number of nitro groups is 1. The van der Waals surface area contributed by atoms with Gasteiger partial charge in [0, 0.05) is 23.6 Å². The van der Waals surface area contributed by atoms with Crippen molar-refractivity contribution in [2.45, 2.75) is 25.7 Å². The molecule has 2 aliphatic rings. The zero-order chi connectivity index (χ0) is 14.3. The van der Waals surface area contributed by atoms with Gasteiger partial charge in [-0.3, -0.25) is 10.1 Å². The highest BCUT2D eigenvalue weighted by Crippen LogP contribution is 2.54. The highest BCUT2D eigenvalue weighted by Gasteiger charge is 2.45. The molecule has 5 nitrogen and oxygen atoms in total. The van der Waals surface area contributed by atoms with Gasteiger partial charge in [-0.2, -0.15) is 0 Å². The predicted octanol–water partition coefficient (Wildman–Crippen LogP) is 3.75. The van der Waals surface area contributed by atoms with Crippen molar-refractivity contribution in [2.24, 2.45) is 5.41 Å². The molecule has 1 saturated heterocycles. The zero-order valence-corrected chi connectivity index (χ0v) is 13.0. The number of nitro benzene ring substituents is 1. The molecule has 0 aromatic heterocycles. The van der Waals surface area contributed by atoms with Crippen LogP contribution in [-0.2, 0) is 0 Å². The molecule has 0 amide bonds. The fraction of sp³-hybridized carbons (Fsp3) is 0.571. The van der Waals surface area contributed by atoms with E-state index in [1.54, 1.807) is 6.07 Å². The second-order valence-corrected chi connectivity index (χ2v) is 6.64. The maximum Gasteiger partial charge on any atom is 0.334 e. The van der Waals surface area contributed by atoms with E-state index >= 15 is 0 Å². The van der Waals surface area contributed by atoms with Crippen LogP contribution in [0.2, 0.25) is 0 Å². The van der Waals surface area contributed by atoms with Crippen LogP contribution >= 0.6 is 15.9 Å². The summed E-state index contributed by atoms with van der Waals surface area (Å²) in [6.07, 6.45) is 4.92. The van der Waals surface area contributed by atoms with Gasteiger partial charge in [-0.25, -0.2) is 0 Å². The van der Waals surface area contributed by atoms with Crippen LogP contribution in [0.15, 0.2) is 16.6 Å². The van der Waals surface area contributed by atoms with Crippen LogP contribution in [0.1, 0.15) is 25.7 Å². The number of methoxy groups -OCH3 is 1. The standard InChI is InChI=1S/C14H17BrN2O3/c1-20-12-9-10(15)8-11(13(12)17(18)19)16-6-4-14(2-3-14)5-7-16/h8-9H,2-7H2,1H3. The van der Waals surface area contributed by atoms with Crippen LogP contribution in [0, 0.1) is 15.5 Å². The van der Waals surface area contributed by atoms with Crippen molar-refractivity contribution in [3.63, 3.8) is 0 Å². The molecule has 1 spiro atoms. The Hall–Kier alpha value is -1.30. The summed E-state index contributed by atoms with van der Waals surface area (Å²) in [7, 11) is 1.47. The Morgan fingerprint density at radius 1 is 1.30 bits per heavy atom. The van der Waals surface area contributed by atoms with Gasteiger partial charge in [0.15, 0.2) is 5.75 Å². The first-order valence-corrected chi connectivity index (χ1v) is 7.61. The molecule has 0 unspecified atom stereocenters. The Morgan fingerprint density at radius 3 is 2.45 bits per heavy atom. The topological polar surface area (TPSA) is 55.6 Å². The van der Waals surface area contributed by atoms with Crippen molar-refractivity contribution in [1.29, 1.82) is 0 Å².